The summed E-state index contributed by atoms with van der Waals surface area (Å²) in [5.74, 6) is 0.665. The van der Waals surface area contributed by atoms with E-state index in [1.54, 1.807) is 43.0 Å². The van der Waals surface area contributed by atoms with Crippen molar-refractivity contribution in [3.05, 3.63) is 65.5 Å². The zero-order valence-corrected chi connectivity index (χ0v) is 17.3. The third kappa shape index (κ3) is 4.18. The monoisotopic (exact) mass is 449 g/mol. The number of halogens is 3. The van der Waals surface area contributed by atoms with Gasteiger partial charge in [-0.3, -0.25) is 4.79 Å². The van der Waals surface area contributed by atoms with Gasteiger partial charge in [0, 0.05) is 0 Å². The molecule has 0 spiro atoms. The zero-order chi connectivity index (χ0) is 22.2. The van der Waals surface area contributed by atoms with E-state index in [2.05, 4.69) is 20.9 Å². The van der Waals surface area contributed by atoms with Crippen LogP contribution in [0.1, 0.15) is 23.0 Å². The number of aromatic nitrogens is 3. The van der Waals surface area contributed by atoms with Gasteiger partial charge in [0.25, 0.3) is 0 Å². The maximum absolute atomic E-state index is 13.4. The van der Waals surface area contributed by atoms with Crippen molar-refractivity contribution >= 4 is 23.4 Å². The molecule has 1 amide bonds. The number of para-hydroxylation sites is 1. The molecule has 3 aromatic rings. The van der Waals surface area contributed by atoms with Crippen LogP contribution in [0, 0.1) is 6.92 Å². The van der Waals surface area contributed by atoms with Crippen LogP contribution >= 0.6 is 11.8 Å². The number of carbonyl (C=O) groups excluding carboxylic acids is 1. The number of methoxy groups -OCH3 is 1. The smallest absolute Gasteiger partial charge is 0.418 e. The molecule has 31 heavy (non-hydrogen) atoms. The lowest BCUT2D eigenvalue weighted by Gasteiger charge is -2.33. The van der Waals surface area contributed by atoms with Gasteiger partial charge in [-0.15, -0.1) is 10.2 Å². The summed E-state index contributed by atoms with van der Waals surface area (Å²) >= 11 is 1.13. The Morgan fingerprint density at radius 1 is 1.16 bits per heavy atom. The molecule has 7 nitrogen and oxygen atoms in total. The first-order valence-corrected chi connectivity index (χ1v) is 10.1. The Balaban J connectivity index is 1.68. The van der Waals surface area contributed by atoms with Crippen molar-refractivity contribution in [3.63, 3.8) is 0 Å². The number of fused-ring (bicyclic) bond motifs is 1. The maximum atomic E-state index is 13.4. The molecule has 2 heterocycles. The summed E-state index contributed by atoms with van der Waals surface area (Å²) in [5.41, 5.74) is 2.77. The number of hydrogen-bond acceptors (Lipinski definition) is 6. The van der Waals surface area contributed by atoms with Crippen LogP contribution in [-0.2, 0) is 11.0 Å². The molecule has 0 fully saturated rings. The molecule has 1 aliphatic heterocycles. The second-order valence-electron chi connectivity index (χ2n) is 6.82. The van der Waals surface area contributed by atoms with E-state index in [0.717, 1.165) is 23.4 Å². The molecule has 1 aromatic heterocycles. The predicted molar refractivity (Wildman–Crippen MR) is 110 cm³/mol. The van der Waals surface area contributed by atoms with E-state index in [1.807, 2.05) is 0 Å². The number of alkyl halides is 3. The van der Waals surface area contributed by atoms with Gasteiger partial charge in [-0.05, 0) is 36.8 Å². The molecular weight excluding hydrogens is 431 g/mol. The molecule has 0 radical (unpaired) electrons. The van der Waals surface area contributed by atoms with E-state index < -0.39 is 28.9 Å². The molecule has 2 atom stereocenters. The number of anilines is 1. The van der Waals surface area contributed by atoms with E-state index in [4.69, 9.17) is 4.74 Å². The van der Waals surface area contributed by atoms with Crippen molar-refractivity contribution in [2.24, 2.45) is 0 Å². The third-order valence-corrected chi connectivity index (χ3v) is 6.04. The molecule has 0 unspecified atom stereocenters. The fraction of sp³-hybridized carbons (Fsp3) is 0.250. The van der Waals surface area contributed by atoms with Crippen LogP contribution in [0.5, 0.6) is 5.75 Å². The minimum atomic E-state index is -4.59. The van der Waals surface area contributed by atoms with Crippen molar-refractivity contribution in [2.45, 2.75) is 29.5 Å². The number of rotatable bonds is 4. The quantitative estimate of drug-likeness (QED) is 0.627. The SMILES string of the molecule is COc1ccc([C@@H]2Nn3c(C)nnc3S[C@@H]2C(=O)Nc2ccccc2C(F)(F)F)cc1. The van der Waals surface area contributed by atoms with E-state index in [-0.39, 0.29) is 5.69 Å². The average Bonchev–Trinajstić information content (AvgIpc) is 3.12. The van der Waals surface area contributed by atoms with Crippen LogP contribution in [0.25, 0.3) is 0 Å². The molecule has 0 aliphatic carbocycles. The molecule has 0 bridgehead atoms. The van der Waals surface area contributed by atoms with Gasteiger partial charge in [0.2, 0.25) is 11.1 Å². The highest BCUT2D eigenvalue weighted by molar-refractivity contribution is 8.00. The largest absolute Gasteiger partial charge is 0.497 e. The Labute approximate surface area is 180 Å². The lowest BCUT2D eigenvalue weighted by Crippen LogP contribution is -2.41. The number of ether oxygens (including phenoxy) is 1. The van der Waals surface area contributed by atoms with Crippen molar-refractivity contribution in [2.75, 3.05) is 17.9 Å². The summed E-state index contributed by atoms with van der Waals surface area (Å²) in [5, 5.41) is 10.1. The number of nitrogens with one attached hydrogen (secondary N) is 2. The Hall–Kier alpha value is -3.21. The van der Waals surface area contributed by atoms with Gasteiger partial charge in [0.15, 0.2) is 0 Å². The Bertz CT molecular complexity index is 1100. The molecule has 0 saturated heterocycles. The first-order valence-electron chi connectivity index (χ1n) is 9.24. The van der Waals surface area contributed by atoms with Gasteiger partial charge in [-0.2, -0.15) is 13.2 Å². The highest BCUT2D eigenvalue weighted by Crippen LogP contribution is 2.39. The highest BCUT2D eigenvalue weighted by Gasteiger charge is 2.39. The van der Waals surface area contributed by atoms with Crippen LogP contribution in [0.15, 0.2) is 53.7 Å². The molecule has 11 heteroatoms. The lowest BCUT2D eigenvalue weighted by atomic mass is 10.0. The minimum Gasteiger partial charge on any atom is -0.497 e. The van der Waals surface area contributed by atoms with Crippen molar-refractivity contribution < 1.29 is 22.7 Å². The molecule has 2 aromatic carbocycles. The predicted octanol–water partition coefficient (Wildman–Crippen LogP) is 4.01. The number of carbonyl (C=O) groups is 1. The number of thioether (sulfide) groups is 1. The summed E-state index contributed by atoms with van der Waals surface area (Å²) < 4.78 is 46.9. The summed E-state index contributed by atoms with van der Waals surface area (Å²) in [7, 11) is 1.55. The highest BCUT2D eigenvalue weighted by atomic mass is 32.2. The van der Waals surface area contributed by atoms with Crippen LogP contribution in [-0.4, -0.2) is 33.1 Å². The van der Waals surface area contributed by atoms with E-state index in [9.17, 15) is 18.0 Å². The molecule has 0 saturated carbocycles. The van der Waals surface area contributed by atoms with Gasteiger partial charge >= 0.3 is 6.18 Å². The number of nitrogens with zero attached hydrogens (tertiary/aromatic N) is 3. The maximum Gasteiger partial charge on any atom is 0.418 e. The Morgan fingerprint density at radius 2 is 1.87 bits per heavy atom. The van der Waals surface area contributed by atoms with Gasteiger partial charge in [0.1, 0.15) is 16.8 Å². The molecule has 4 rings (SSSR count). The van der Waals surface area contributed by atoms with Gasteiger partial charge in [0.05, 0.1) is 24.4 Å². The number of amides is 1. The first kappa shape index (κ1) is 21.0. The van der Waals surface area contributed by atoms with Crippen LogP contribution in [0.2, 0.25) is 0 Å². The van der Waals surface area contributed by atoms with Crippen molar-refractivity contribution in [1.82, 2.24) is 14.9 Å². The topological polar surface area (TPSA) is 81.1 Å². The first-order chi connectivity index (χ1) is 14.8. The fourth-order valence-electron chi connectivity index (χ4n) is 3.26. The molecule has 1 aliphatic rings. The van der Waals surface area contributed by atoms with Crippen LogP contribution in [0.4, 0.5) is 18.9 Å². The summed E-state index contributed by atoms with van der Waals surface area (Å²) in [6.45, 7) is 1.76. The van der Waals surface area contributed by atoms with Crippen LogP contribution in [0.3, 0.4) is 0 Å². The molecular formula is C20H18F3N5O2S. The Kier molecular flexibility index (Phi) is 5.52. The van der Waals surface area contributed by atoms with Crippen molar-refractivity contribution in [1.29, 1.82) is 0 Å². The van der Waals surface area contributed by atoms with E-state index >= 15 is 0 Å². The standard InChI is InChI=1S/C20H18F3N5O2S/c1-11-25-26-19-28(11)27-16(12-7-9-13(30-2)10-8-12)17(31-19)18(29)24-15-6-4-3-5-14(15)20(21,22)23/h3-10,16-17,27H,1-2H3,(H,24,29)/t16-,17-/m0/s1. The van der Waals surface area contributed by atoms with Crippen LogP contribution < -0.4 is 15.5 Å². The summed E-state index contributed by atoms with van der Waals surface area (Å²) in [4.78, 5) is 13.1. The number of benzene rings is 2. The van der Waals surface area contributed by atoms with Gasteiger partial charge in [-0.25, -0.2) is 4.68 Å². The number of hydrogen-bond donors (Lipinski definition) is 2. The summed E-state index contributed by atoms with van der Waals surface area (Å²) in [6.07, 6.45) is -4.59. The zero-order valence-electron chi connectivity index (χ0n) is 16.5. The number of aryl methyl sites for hydroxylation is 1. The average molecular weight is 449 g/mol. The van der Waals surface area contributed by atoms with E-state index in [1.165, 1.54) is 18.2 Å². The third-order valence-electron chi connectivity index (χ3n) is 4.82. The normalized spacial score (nSPS) is 18.1. The summed E-state index contributed by atoms with van der Waals surface area (Å²) in [6, 6.07) is 11.4. The van der Waals surface area contributed by atoms with Gasteiger partial charge in [-0.1, -0.05) is 36.0 Å². The minimum absolute atomic E-state index is 0.294. The lowest BCUT2D eigenvalue weighted by molar-refractivity contribution is -0.137. The Morgan fingerprint density at radius 3 is 2.55 bits per heavy atom. The van der Waals surface area contributed by atoms with Crippen molar-refractivity contribution in [3.8, 4) is 5.75 Å². The molecule has 162 valence electrons. The fourth-order valence-corrected chi connectivity index (χ4v) is 4.39. The van der Waals surface area contributed by atoms with E-state index in [0.29, 0.717) is 16.7 Å². The molecule has 2 N–H and O–H groups in total. The second kappa shape index (κ2) is 8.14. The second-order valence-corrected chi connectivity index (χ2v) is 7.92. The van der Waals surface area contributed by atoms with Gasteiger partial charge < -0.3 is 15.5 Å².